The standard InChI is InChI=1S/C17H12ClN5O2S/c1-23-16(14-9-24-12-4-2-3-5-13(12)25-14)21-22-17(23)26-15-7-6-10(18)11(8-19)20-15/h2-7,14H,9H2,1H3. The van der Waals surface area contributed by atoms with Gasteiger partial charge in [0.05, 0.1) is 5.02 Å². The van der Waals surface area contributed by atoms with Gasteiger partial charge in [0.2, 0.25) is 0 Å². The topological polar surface area (TPSA) is 85.9 Å². The van der Waals surface area contributed by atoms with Crippen molar-refractivity contribution >= 4 is 23.4 Å². The molecule has 0 saturated heterocycles. The Labute approximate surface area is 158 Å². The number of ether oxygens (including phenoxy) is 2. The Morgan fingerprint density at radius 3 is 2.85 bits per heavy atom. The number of nitrogens with zero attached hydrogens (tertiary/aromatic N) is 5. The number of rotatable bonds is 3. The second kappa shape index (κ2) is 6.86. The van der Waals surface area contributed by atoms with E-state index in [-0.39, 0.29) is 11.8 Å². The molecule has 0 fully saturated rings. The molecule has 0 bridgehead atoms. The Morgan fingerprint density at radius 2 is 2.04 bits per heavy atom. The Kier molecular flexibility index (Phi) is 4.41. The Morgan fingerprint density at radius 1 is 1.23 bits per heavy atom. The molecule has 3 heterocycles. The molecule has 0 amide bonds. The lowest BCUT2D eigenvalue weighted by molar-refractivity contribution is 0.0825. The fraction of sp³-hybridized carbons (Fsp3) is 0.176. The Hall–Kier alpha value is -2.76. The van der Waals surface area contributed by atoms with Crippen molar-refractivity contribution in [2.45, 2.75) is 16.3 Å². The van der Waals surface area contributed by atoms with Gasteiger partial charge in [-0.2, -0.15) is 5.26 Å². The number of aromatic nitrogens is 4. The molecule has 0 spiro atoms. The molecule has 9 heteroatoms. The minimum Gasteiger partial charge on any atom is -0.485 e. The van der Waals surface area contributed by atoms with Crippen molar-refractivity contribution in [2.24, 2.45) is 7.05 Å². The fourth-order valence-electron chi connectivity index (χ4n) is 2.50. The second-order valence-electron chi connectivity index (χ2n) is 5.46. The first kappa shape index (κ1) is 16.7. The van der Waals surface area contributed by atoms with Crippen LogP contribution in [0.25, 0.3) is 0 Å². The Bertz CT molecular complexity index is 1020. The van der Waals surface area contributed by atoms with Gasteiger partial charge in [0, 0.05) is 7.05 Å². The molecule has 130 valence electrons. The number of benzene rings is 1. The van der Waals surface area contributed by atoms with E-state index in [1.165, 1.54) is 11.8 Å². The summed E-state index contributed by atoms with van der Waals surface area (Å²) in [5, 5.41) is 19.0. The molecule has 2 aromatic heterocycles. The molecule has 1 aliphatic heterocycles. The van der Waals surface area contributed by atoms with Crippen molar-refractivity contribution in [3.05, 3.63) is 52.9 Å². The summed E-state index contributed by atoms with van der Waals surface area (Å²) in [6, 6.07) is 12.8. The van der Waals surface area contributed by atoms with E-state index in [0.29, 0.717) is 33.4 Å². The van der Waals surface area contributed by atoms with E-state index in [9.17, 15) is 0 Å². The average molecular weight is 386 g/mol. The molecule has 0 radical (unpaired) electrons. The minimum atomic E-state index is -0.357. The van der Waals surface area contributed by atoms with Crippen molar-refractivity contribution in [3.63, 3.8) is 0 Å². The highest BCUT2D eigenvalue weighted by atomic mass is 35.5. The lowest BCUT2D eigenvalue weighted by atomic mass is 10.2. The first-order chi connectivity index (χ1) is 12.7. The van der Waals surface area contributed by atoms with Crippen molar-refractivity contribution in [3.8, 4) is 17.6 Å². The van der Waals surface area contributed by atoms with Crippen LogP contribution in [0.1, 0.15) is 17.6 Å². The van der Waals surface area contributed by atoms with E-state index in [2.05, 4.69) is 15.2 Å². The van der Waals surface area contributed by atoms with Gasteiger partial charge in [-0.15, -0.1) is 10.2 Å². The third-order valence-corrected chi connectivity index (χ3v) is 5.07. The second-order valence-corrected chi connectivity index (χ2v) is 6.85. The zero-order valence-corrected chi connectivity index (χ0v) is 15.2. The van der Waals surface area contributed by atoms with Crippen molar-refractivity contribution in [1.82, 2.24) is 19.7 Å². The Balaban J connectivity index is 1.57. The van der Waals surface area contributed by atoms with Crippen LogP contribution in [-0.4, -0.2) is 26.4 Å². The average Bonchev–Trinajstić information content (AvgIpc) is 3.03. The molecule has 1 atom stereocenters. The van der Waals surface area contributed by atoms with Gasteiger partial charge in [0.15, 0.2) is 34.3 Å². The van der Waals surface area contributed by atoms with Gasteiger partial charge >= 0.3 is 0 Å². The van der Waals surface area contributed by atoms with Gasteiger partial charge in [-0.25, -0.2) is 4.98 Å². The van der Waals surface area contributed by atoms with Gasteiger partial charge in [-0.05, 0) is 36.0 Å². The lowest BCUT2D eigenvalue weighted by Crippen LogP contribution is -2.24. The number of pyridine rings is 1. The number of para-hydroxylation sites is 2. The number of hydrogen-bond donors (Lipinski definition) is 0. The molecule has 4 rings (SSSR count). The van der Waals surface area contributed by atoms with E-state index in [1.807, 2.05) is 41.9 Å². The van der Waals surface area contributed by atoms with E-state index in [0.717, 1.165) is 5.75 Å². The van der Waals surface area contributed by atoms with Gasteiger partial charge < -0.3 is 14.0 Å². The van der Waals surface area contributed by atoms with E-state index < -0.39 is 0 Å². The quantitative estimate of drug-likeness (QED) is 0.682. The highest BCUT2D eigenvalue weighted by Crippen LogP contribution is 2.36. The van der Waals surface area contributed by atoms with Crippen LogP contribution < -0.4 is 9.47 Å². The van der Waals surface area contributed by atoms with Gasteiger partial charge in [0.25, 0.3) is 0 Å². The van der Waals surface area contributed by atoms with Crippen LogP contribution in [0.2, 0.25) is 5.02 Å². The van der Waals surface area contributed by atoms with Crippen LogP contribution in [0.3, 0.4) is 0 Å². The van der Waals surface area contributed by atoms with Crippen LogP contribution in [0.15, 0.2) is 46.6 Å². The first-order valence-corrected chi connectivity index (χ1v) is 8.87. The van der Waals surface area contributed by atoms with Gasteiger partial charge in [-0.3, -0.25) is 0 Å². The number of fused-ring (bicyclic) bond motifs is 1. The van der Waals surface area contributed by atoms with Crippen LogP contribution in [0, 0.1) is 11.3 Å². The molecule has 1 aliphatic rings. The minimum absolute atomic E-state index is 0.180. The predicted octanol–water partition coefficient (Wildman–Crippen LogP) is 3.40. The molecule has 0 aliphatic carbocycles. The van der Waals surface area contributed by atoms with E-state index >= 15 is 0 Å². The summed E-state index contributed by atoms with van der Waals surface area (Å²) in [6.45, 7) is 0.353. The zero-order chi connectivity index (χ0) is 18.1. The monoisotopic (exact) mass is 385 g/mol. The maximum Gasteiger partial charge on any atom is 0.197 e. The molecular weight excluding hydrogens is 374 g/mol. The summed E-state index contributed by atoms with van der Waals surface area (Å²) in [5.41, 5.74) is 0.180. The zero-order valence-electron chi connectivity index (χ0n) is 13.6. The SMILES string of the molecule is Cn1c(Sc2ccc(Cl)c(C#N)n2)nnc1C1COc2ccccc2O1. The number of halogens is 1. The fourth-order valence-corrected chi connectivity index (χ4v) is 3.41. The normalized spacial score (nSPS) is 15.5. The molecule has 0 N–H and O–H groups in total. The third kappa shape index (κ3) is 3.07. The molecule has 7 nitrogen and oxygen atoms in total. The predicted molar refractivity (Wildman–Crippen MR) is 94.4 cm³/mol. The van der Waals surface area contributed by atoms with E-state index in [1.54, 1.807) is 12.1 Å². The number of nitriles is 1. The molecule has 1 aromatic carbocycles. The lowest BCUT2D eigenvalue weighted by Gasteiger charge is -2.25. The summed E-state index contributed by atoms with van der Waals surface area (Å²) in [6.07, 6.45) is -0.357. The maximum atomic E-state index is 9.05. The van der Waals surface area contributed by atoms with Crippen LogP contribution in [0.5, 0.6) is 11.5 Å². The van der Waals surface area contributed by atoms with Gasteiger partial charge in [0.1, 0.15) is 17.7 Å². The number of hydrogen-bond acceptors (Lipinski definition) is 7. The molecular formula is C17H12ClN5O2S. The molecule has 26 heavy (non-hydrogen) atoms. The highest BCUT2D eigenvalue weighted by Gasteiger charge is 2.27. The van der Waals surface area contributed by atoms with Crippen LogP contribution in [0.4, 0.5) is 0 Å². The van der Waals surface area contributed by atoms with Gasteiger partial charge in [-0.1, -0.05) is 23.7 Å². The van der Waals surface area contributed by atoms with Crippen LogP contribution >= 0.6 is 23.4 Å². The summed E-state index contributed by atoms with van der Waals surface area (Å²) < 4.78 is 13.5. The molecule has 1 unspecified atom stereocenters. The summed E-state index contributed by atoms with van der Waals surface area (Å²) in [5.74, 6) is 2.05. The highest BCUT2D eigenvalue weighted by molar-refractivity contribution is 7.99. The van der Waals surface area contributed by atoms with E-state index in [4.69, 9.17) is 26.3 Å². The largest absolute Gasteiger partial charge is 0.485 e. The first-order valence-electron chi connectivity index (χ1n) is 7.68. The smallest absolute Gasteiger partial charge is 0.197 e. The van der Waals surface area contributed by atoms with Crippen LogP contribution in [-0.2, 0) is 7.05 Å². The summed E-state index contributed by atoms with van der Waals surface area (Å²) >= 11 is 7.21. The molecule has 0 saturated carbocycles. The summed E-state index contributed by atoms with van der Waals surface area (Å²) in [4.78, 5) is 4.21. The van der Waals surface area contributed by atoms with Crippen molar-refractivity contribution in [1.29, 1.82) is 5.26 Å². The maximum absolute atomic E-state index is 9.05. The van der Waals surface area contributed by atoms with Crippen molar-refractivity contribution < 1.29 is 9.47 Å². The van der Waals surface area contributed by atoms with Crippen molar-refractivity contribution in [2.75, 3.05) is 6.61 Å². The third-order valence-electron chi connectivity index (χ3n) is 3.79. The molecule has 3 aromatic rings. The summed E-state index contributed by atoms with van der Waals surface area (Å²) in [7, 11) is 1.85.